The Balaban J connectivity index is 2.43. The number of hydrogen-bond acceptors (Lipinski definition) is 10. The van der Waals surface area contributed by atoms with E-state index >= 15 is 0 Å². The SMILES string of the molecule is CC(=O)OCC1OC(Oc2ccc(Cl)cc2)C(OC(C)=O)C(OC(C)=O)C1OC(C)=O. The van der Waals surface area contributed by atoms with Crippen LogP contribution >= 0.6 is 11.6 Å². The molecule has 5 unspecified atom stereocenters. The predicted octanol–water partition coefficient (Wildman–Crippen LogP) is 1.80. The highest BCUT2D eigenvalue weighted by Crippen LogP contribution is 2.31. The summed E-state index contributed by atoms with van der Waals surface area (Å²) in [6.07, 6.45) is -6.20. The minimum absolute atomic E-state index is 0.310. The van der Waals surface area contributed by atoms with E-state index in [1.807, 2.05) is 0 Å². The second-order valence-corrected chi connectivity index (χ2v) is 7.08. The lowest BCUT2D eigenvalue weighted by Crippen LogP contribution is -2.63. The minimum atomic E-state index is -1.30. The minimum Gasteiger partial charge on any atom is -0.463 e. The molecule has 10 nitrogen and oxygen atoms in total. The van der Waals surface area contributed by atoms with Crippen LogP contribution in [-0.2, 0) is 42.9 Å². The molecule has 1 aliphatic heterocycles. The number of halogens is 1. The highest BCUT2D eigenvalue weighted by atomic mass is 35.5. The lowest BCUT2D eigenvalue weighted by Gasteiger charge is -2.43. The van der Waals surface area contributed by atoms with E-state index in [0.717, 1.165) is 20.8 Å². The van der Waals surface area contributed by atoms with Gasteiger partial charge in [-0.2, -0.15) is 0 Å². The summed E-state index contributed by atoms with van der Waals surface area (Å²) >= 11 is 5.88. The molecule has 1 fully saturated rings. The predicted molar refractivity (Wildman–Crippen MR) is 104 cm³/mol. The average Bonchev–Trinajstić information content (AvgIpc) is 2.65. The Kier molecular flexibility index (Phi) is 8.64. The van der Waals surface area contributed by atoms with Crippen LogP contribution < -0.4 is 4.74 Å². The molecule has 0 aromatic heterocycles. The van der Waals surface area contributed by atoms with Crippen molar-refractivity contribution in [2.75, 3.05) is 6.61 Å². The van der Waals surface area contributed by atoms with Gasteiger partial charge in [-0.15, -0.1) is 0 Å². The van der Waals surface area contributed by atoms with Gasteiger partial charge in [-0.25, -0.2) is 0 Å². The van der Waals surface area contributed by atoms with Crippen LogP contribution in [0.4, 0.5) is 0 Å². The first-order valence-electron chi connectivity index (χ1n) is 9.29. The van der Waals surface area contributed by atoms with Crippen molar-refractivity contribution in [2.45, 2.75) is 58.4 Å². The largest absolute Gasteiger partial charge is 0.463 e. The van der Waals surface area contributed by atoms with Gasteiger partial charge in [-0.05, 0) is 24.3 Å². The average molecular weight is 459 g/mol. The Morgan fingerprint density at radius 2 is 1.32 bits per heavy atom. The summed E-state index contributed by atoms with van der Waals surface area (Å²) in [6.45, 7) is 4.29. The van der Waals surface area contributed by atoms with E-state index in [2.05, 4.69) is 0 Å². The second-order valence-electron chi connectivity index (χ2n) is 6.64. The third-order valence-electron chi connectivity index (χ3n) is 4.01. The maximum atomic E-state index is 11.8. The van der Waals surface area contributed by atoms with Crippen molar-refractivity contribution in [3.8, 4) is 5.75 Å². The summed E-state index contributed by atoms with van der Waals surface area (Å²) in [4.78, 5) is 46.5. The van der Waals surface area contributed by atoms with Crippen molar-refractivity contribution < 1.29 is 47.6 Å². The molecule has 170 valence electrons. The van der Waals surface area contributed by atoms with Crippen LogP contribution in [0, 0.1) is 0 Å². The van der Waals surface area contributed by atoms with Gasteiger partial charge in [0.2, 0.25) is 12.4 Å². The third kappa shape index (κ3) is 7.41. The molecular formula is C20H23ClO10. The van der Waals surface area contributed by atoms with Crippen molar-refractivity contribution in [2.24, 2.45) is 0 Å². The van der Waals surface area contributed by atoms with E-state index in [1.165, 1.54) is 6.92 Å². The molecule has 2 rings (SSSR count). The molecule has 11 heteroatoms. The number of benzene rings is 1. The van der Waals surface area contributed by atoms with Gasteiger partial charge >= 0.3 is 23.9 Å². The van der Waals surface area contributed by atoms with E-state index in [1.54, 1.807) is 24.3 Å². The number of carbonyl (C=O) groups is 4. The number of carbonyl (C=O) groups excluding carboxylic acids is 4. The number of hydrogen-bond donors (Lipinski definition) is 0. The van der Waals surface area contributed by atoms with Crippen LogP contribution in [0.15, 0.2) is 24.3 Å². The first kappa shape index (κ1) is 24.4. The van der Waals surface area contributed by atoms with Gasteiger partial charge in [0.15, 0.2) is 12.2 Å². The Morgan fingerprint density at radius 3 is 1.84 bits per heavy atom. The standard InChI is InChI=1S/C20H23ClO10/c1-10(22)26-9-16-17(27-11(2)23)18(28-12(3)24)19(29-13(4)25)20(31-16)30-15-7-5-14(21)6-8-15/h5-8,16-20H,9H2,1-4H3. The number of ether oxygens (including phenoxy) is 6. The first-order chi connectivity index (χ1) is 14.6. The van der Waals surface area contributed by atoms with E-state index < -0.39 is 54.6 Å². The molecule has 0 aliphatic carbocycles. The lowest BCUT2D eigenvalue weighted by atomic mass is 9.98. The van der Waals surface area contributed by atoms with Gasteiger partial charge < -0.3 is 28.4 Å². The lowest BCUT2D eigenvalue weighted by molar-refractivity contribution is -0.288. The molecule has 5 atom stereocenters. The van der Waals surface area contributed by atoms with Crippen LogP contribution in [-0.4, -0.2) is 61.2 Å². The normalized spacial score (nSPS) is 25.1. The summed E-state index contributed by atoms with van der Waals surface area (Å²) in [5, 5.41) is 0.467. The maximum Gasteiger partial charge on any atom is 0.303 e. The Labute approximate surface area is 183 Å². The number of esters is 4. The molecule has 0 amide bonds. The summed E-state index contributed by atoms with van der Waals surface area (Å²) in [6, 6.07) is 6.25. The van der Waals surface area contributed by atoms with Gasteiger partial charge in [-0.3, -0.25) is 19.2 Å². The zero-order chi connectivity index (χ0) is 23.1. The highest BCUT2D eigenvalue weighted by molar-refractivity contribution is 6.30. The monoisotopic (exact) mass is 458 g/mol. The summed E-state index contributed by atoms with van der Waals surface area (Å²) in [5.74, 6) is -2.44. The topological polar surface area (TPSA) is 124 Å². The summed E-state index contributed by atoms with van der Waals surface area (Å²) in [5.41, 5.74) is 0. The van der Waals surface area contributed by atoms with Crippen molar-refractivity contribution in [3.63, 3.8) is 0 Å². The Bertz CT molecular complexity index is 809. The Morgan fingerprint density at radius 1 is 0.806 bits per heavy atom. The molecule has 1 aromatic carbocycles. The van der Waals surface area contributed by atoms with Gasteiger partial charge in [-0.1, -0.05) is 11.6 Å². The van der Waals surface area contributed by atoms with E-state index in [4.69, 9.17) is 40.0 Å². The zero-order valence-electron chi connectivity index (χ0n) is 17.4. The number of rotatable bonds is 7. The molecule has 0 spiro atoms. The quantitative estimate of drug-likeness (QED) is 0.441. The molecule has 0 bridgehead atoms. The fourth-order valence-electron chi connectivity index (χ4n) is 2.93. The molecule has 1 heterocycles. The smallest absolute Gasteiger partial charge is 0.303 e. The maximum absolute atomic E-state index is 11.8. The first-order valence-corrected chi connectivity index (χ1v) is 9.67. The fourth-order valence-corrected chi connectivity index (χ4v) is 3.06. The van der Waals surface area contributed by atoms with Gasteiger partial charge in [0, 0.05) is 32.7 Å². The van der Waals surface area contributed by atoms with E-state index in [9.17, 15) is 19.2 Å². The van der Waals surface area contributed by atoms with Crippen LogP contribution in [0.5, 0.6) is 5.75 Å². The second kappa shape index (κ2) is 11.0. The molecule has 1 aliphatic rings. The van der Waals surface area contributed by atoms with Gasteiger partial charge in [0.1, 0.15) is 18.5 Å². The fraction of sp³-hybridized carbons (Fsp3) is 0.500. The third-order valence-corrected chi connectivity index (χ3v) is 4.27. The van der Waals surface area contributed by atoms with Crippen LogP contribution in [0.25, 0.3) is 0 Å². The van der Waals surface area contributed by atoms with Crippen LogP contribution in [0.3, 0.4) is 0 Å². The van der Waals surface area contributed by atoms with Crippen LogP contribution in [0.1, 0.15) is 27.7 Å². The Hall–Kier alpha value is -2.85. The van der Waals surface area contributed by atoms with Crippen LogP contribution in [0.2, 0.25) is 5.02 Å². The van der Waals surface area contributed by atoms with Crippen molar-refractivity contribution in [1.29, 1.82) is 0 Å². The van der Waals surface area contributed by atoms with Crippen molar-refractivity contribution in [1.82, 2.24) is 0 Å². The molecular weight excluding hydrogens is 436 g/mol. The summed E-state index contributed by atoms with van der Waals surface area (Å²) in [7, 11) is 0. The van der Waals surface area contributed by atoms with Crippen molar-refractivity contribution in [3.05, 3.63) is 29.3 Å². The van der Waals surface area contributed by atoms with Gasteiger partial charge in [0.25, 0.3) is 0 Å². The van der Waals surface area contributed by atoms with Gasteiger partial charge in [0.05, 0.1) is 0 Å². The molecule has 1 saturated heterocycles. The van der Waals surface area contributed by atoms with Crippen molar-refractivity contribution >= 4 is 35.5 Å². The molecule has 0 saturated carbocycles. The molecule has 0 radical (unpaired) electrons. The summed E-state index contributed by atoms with van der Waals surface area (Å²) < 4.78 is 32.5. The molecule has 0 N–H and O–H groups in total. The molecule has 31 heavy (non-hydrogen) atoms. The highest BCUT2D eigenvalue weighted by Gasteiger charge is 2.53. The zero-order valence-corrected chi connectivity index (χ0v) is 18.1. The van der Waals surface area contributed by atoms with E-state index in [-0.39, 0.29) is 6.61 Å². The van der Waals surface area contributed by atoms with E-state index in [0.29, 0.717) is 10.8 Å². The molecule has 1 aromatic rings.